The smallest absolute Gasteiger partial charge is 0.232 e. The molecule has 0 bridgehead atoms. The zero-order valence-corrected chi connectivity index (χ0v) is 19.2. The van der Waals surface area contributed by atoms with Crippen LogP contribution in [0.2, 0.25) is 0 Å². The normalized spacial score (nSPS) is 22.4. The molecular formula is C26H25FN2O2S. The van der Waals surface area contributed by atoms with Gasteiger partial charge in [-0.25, -0.2) is 4.39 Å². The molecule has 6 heteroatoms. The van der Waals surface area contributed by atoms with Crippen LogP contribution in [-0.2, 0) is 22.4 Å². The van der Waals surface area contributed by atoms with Crippen molar-refractivity contribution in [2.45, 2.75) is 64.7 Å². The molecule has 1 amide bonds. The summed E-state index contributed by atoms with van der Waals surface area (Å²) < 4.78 is 13.5. The van der Waals surface area contributed by atoms with Crippen LogP contribution < -0.4 is 4.90 Å². The van der Waals surface area contributed by atoms with Crippen LogP contribution in [0.4, 0.5) is 9.39 Å². The Hall–Kier alpha value is -2.78. The number of amides is 1. The number of Topliss-reactive ketones (excluding diaryl/α,β-unsaturated/α-hetero) is 1. The van der Waals surface area contributed by atoms with Gasteiger partial charge in [-0.05, 0) is 60.8 Å². The Morgan fingerprint density at radius 3 is 2.56 bits per heavy atom. The summed E-state index contributed by atoms with van der Waals surface area (Å²) in [5.41, 5.74) is 3.57. The maximum atomic E-state index is 13.6. The summed E-state index contributed by atoms with van der Waals surface area (Å²) in [7, 11) is 0. The number of thiophene rings is 1. The highest BCUT2D eigenvalue weighted by molar-refractivity contribution is 7.16. The number of halogens is 1. The van der Waals surface area contributed by atoms with Gasteiger partial charge < -0.3 is 0 Å². The molecule has 0 spiro atoms. The summed E-state index contributed by atoms with van der Waals surface area (Å²) in [5, 5.41) is 10.7. The minimum absolute atomic E-state index is 0.0444. The molecule has 0 N–H and O–H groups in total. The van der Waals surface area contributed by atoms with Crippen LogP contribution in [0.15, 0.2) is 35.5 Å². The second-order valence-corrected chi connectivity index (χ2v) is 10.9. The third-order valence-corrected chi connectivity index (χ3v) is 8.16. The first-order valence-corrected chi connectivity index (χ1v) is 12.0. The lowest BCUT2D eigenvalue weighted by Crippen LogP contribution is -2.43. The Kier molecular flexibility index (Phi) is 5.05. The van der Waals surface area contributed by atoms with E-state index >= 15 is 0 Å². The van der Waals surface area contributed by atoms with E-state index < -0.39 is 0 Å². The quantitative estimate of drug-likeness (QED) is 0.583. The molecule has 5 rings (SSSR count). The topological polar surface area (TPSA) is 61.2 Å². The first kappa shape index (κ1) is 21.1. The summed E-state index contributed by atoms with van der Waals surface area (Å²) in [5.74, 6) is -0.773. The third kappa shape index (κ3) is 3.40. The lowest BCUT2D eigenvalue weighted by Gasteiger charge is -2.42. The second kappa shape index (κ2) is 7.67. The standard InChI is InChI=1S/C26H25FN2O2S/c1-26(2)12-20-24(21(30)13-26)18(15-7-9-16(27)10-8-15)11-23(31)29(20)25-19(14-28)17-5-3-4-6-22(17)32-25/h7-10,18H,3-6,11-13H2,1-2H3/t18-/m0/s1. The number of carbonyl (C=O) groups excluding carboxylic acids is 2. The number of hydrogen-bond donors (Lipinski definition) is 0. The highest BCUT2D eigenvalue weighted by atomic mass is 32.1. The Labute approximate surface area is 191 Å². The van der Waals surface area contributed by atoms with Gasteiger partial charge in [0.15, 0.2) is 5.78 Å². The largest absolute Gasteiger partial charge is 0.294 e. The van der Waals surface area contributed by atoms with Crippen molar-refractivity contribution < 1.29 is 14.0 Å². The molecule has 1 aromatic carbocycles. The average Bonchev–Trinajstić information content (AvgIpc) is 3.10. The lowest BCUT2D eigenvalue weighted by atomic mass is 9.69. The number of fused-ring (bicyclic) bond motifs is 1. The van der Waals surface area contributed by atoms with Crippen molar-refractivity contribution in [1.29, 1.82) is 5.26 Å². The number of hydrogen-bond acceptors (Lipinski definition) is 4. The van der Waals surface area contributed by atoms with E-state index in [0.717, 1.165) is 42.5 Å². The molecule has 1 aliphatic heterocycles. The fourth-order valence-corrected chi connectivity index (χ4v) is 6.84. The Bertz CT molecular complexity index is 1200. The molecule has 32 heavy (non-hydrogen) atoms. The van der Waals surface area contributed by atoms with Gasteiger partial charge in [0, 0.05) is 34.9 Å². The van der Waals surface area contributed by atoms with Gasteiger partial charge in [-0.3, -0.25) is 14.5 Å². The molecule has 0 fully saturated rings. The predicted molar refractivity (Wildman–Crippen MR) is 122 cm³/mol. The van der Waals surface area contributed by atoms with Crippen molar-refractivity contribution in [1.82, 2.24) is 0 Å². The number of carbonyl (C=O) groups is 2. The summed E-state index contributed by atoms with van der Waals surface area (Å²) in [6.45, 7) is 4.09. The van der Waals surface area contributed by atoms with E-state index in [1.807, 2.05) is 13.8 Å². The minimum atomic E-state index is -0.377. The second-order valence-electron chi connectivity index (χ2n) is 9.84. The molecule has 0 unspecified atom stereocenters. The molecule has 2 aliphatic carbocycles. The lowest BCUT2D eigenvalue weighted by molar-refractivity contribution is -0.120. The number of rotatable bonds is 2. The third-order valence-electron chi connectivity index (χ3n) is 6.88. The molecule has 3 aliphatic rings. The van der Waals surface area contributed by atoms with Crippen molar-refractivity contribution >= 4 is 28.0 Å². The number of benzene rings is 1. The predicted octanol–water partition coefficient (Wildman–Crippen LogP) is 5.80. The van der Waals surface area contributed by atoms with E-state index in [1.165, 1.54) is 17.0 Å². The first-order chi connectivity index (χ1) is 15.3. The number of aryl methyl sites for hydroxylation is 1. The van der Waals surface area contributed by atoms with Crippen molar-refractivity contribution in [2.24, 2.45) is 5.41 Å². The van der Waals surface area contributed by atoms with Crippen LogP contribution in [0, 0.1) is 22.6 Å². The summed E-state index contributed by atoms with van der Waals surface area (Å²) in [6.07, 6.45) is 5.10. The average molecular weight is 449 g/mol. The fraction of sp³-hybridized carbons (Fsp3) is 0.423. The fourth-order valence-electron chi connectivity index (χ4n) is 5.45. The number of allylic oxidation sites excluding steroid dienone is 2. The maximum Gasteiger partial charge on any atom is 0.232 e. The molecule has 0 radical (unpaired) electrons. The molecule has 0 saturated carbocycles. The molecule has 0 saturated heterocycles. The van der Waals surface area contributed by atoms with E-state index in [1.54, 1.807) is 28.4 Å². The zero-order valence-electron chi connectivity index (χ0n) is 18.3. The molecule has 164 valence electrons. The molecular weight excluding hydrogens is 423 g/mol. The van der Waals surface area contributed by atoms with Crippen molar-refractivity contribution in [3.63, 3.8) is 0 Å². The van der Waals surface area contributed by atoms with Gasteiger partial charge in [-0.1, -0.05) is 26.0 Å². The molecule has 2 aromatic rings. The van der Waals surface area contributed by atoms with E-state index in [2.05, 4.69) is 6.07 Å². The summed E-state index contributed by atoms with van der Waals surface area (Å²) >= 11 is 1.54. The maximum absolute atomic E-state index is 13.6. The van der Waals surface area contributed by atoms with Gasteiger partial charge in [0.25, 0.3) is 0 Å². The van der Waals surface area contributed by atoms with Gasteiger partial charge >= 0.3 is 0 Å². The van der Waals surface area contributed by atoms with Gasteiger partial charge in [0.1, 0.15) is 16.9 Å². The molecule has 1 aromatic heterocycles. The SMILES string of the molecule is CC1(C)CC(=O)C2=C(C1)N(c1sc3c(c1C#N)CCCC3)C(=O)C[C@H]2c1ccc(F)cc1. The van der Waals surface area contributed by atoms with Crippen LogP contribution in [0.25, 0.3) is 0 Å². The van der Waals surface area contributed by atoms with Crippen molar-refractivity contribution in [2.75, 3.05) is 4.90 Å². The van der Waals surface area contributed by atoms with Crippen molar-refractivity contribution in [3.8, 4) is 6.07 Å². The van der Waals surface area contributed by atoms with Crippen LogP contribution in [0.5, 0.6) is 0 Å². The van der Waals surface area contributed by atoms with Gasteiger partial charge in [-0.2, -0.15) is 5.26 Å². The van der Waals surface area contributed by atoms with Gasteiger partial charge in [-0.15, -0.1) is 11.3 Å². The Morgan fingerprint density at radius 1 is 1.12 bits per heavy atom. The summed E-state index contributed by atoms with van der Waals surface area (Å²) in [6, 6.07) is 8.47. The van der Waals surface area contributed by atoms with Gasteiger partial charge in [0.05, 0.1) is 5.56 Å². The van der Waals surface area contributed by atoms with Crippen LogP contribution in [0.3, 0.4) is 0 Å². The summed E-state index contributed by atoms with van der Waals surface area (Å²) in [4.78, 5) is 29.9. The van der Waals surface area contributed by atoms with E-state index in [9.17, 15) is 19.2 Å². The number of ketones is 1. The molecule has 2 heterocycles. The first-order valence-electron chi connectivity index (χ1n) is 11.2. The minimum Gasteiger partial charge on any atom is -0.294 e. The van der Waals surface area contributed by atoms with Crippen LogP contribution in [0.1, 0.15) is 73.4 Å². The van der Waals surface area contributed by atoms with Crippen LogP contribution >= 0.6 is 11.3 Å². The van der Waals surface area contributed by atoms with E-state index in [-0.39, 0.29) is 35.3 Å². The zero-order chi connectivity index (χ0) is 22.6. The number of nitriles is 1. The van der Waals surface area contributed by atoms with Crippen molar-refractivity contribution in [3.05, 3.63) is 62.9 Å². The van der Waals surface area contributed by atoms with Crippen LogP contribution in [-0.4, -0.2) is 11.7 Å². The number of nitrogens with zero attached hydrogens (tertiary/aromatic N) is 2. The number of anilines is 1. The van der Waals surface area contributed by atoms with E-state index in [0.29, 0.717) is 29.0 Å². The Morgan fingerprint density at radius 2 is 1.84 bits per heavy atom. The highest BCUT2D eigenvalue weighted by Gasteiger charge is 2.45. The van der Waals surface area contributed by atoms with E-state index in [4.69, 9.17) is 0 Å². The monoisotopic (exact) mass is 448 g/mol. The van der Waals surface area contributed by atoms with Gasteiger partial charge in [0.2, 0.25) is 5.91 Å². The highest BCUT2D eigenvalue weighted by Crippen LogP contribution is 2.51. The molecule has 1 atom stereocenters. The molecule has 4 nitrogen and oxygen atoms in total. The Balaban J connectivity index is 1.70.